The van der Waals surface area contributed by atoms with E-state index in [0.717, 1.165) is 31.6 Å². The zero-order valence-electron chi connectivity index (χ0n) is 13.2. The number of benzene rings is 1. The molecule has 0 spiro atoms. The highest BCUT2D eigenvalue weighted by Gasteiger charge is 2.29. The quantitative estimate of drug-likeness (QED) is 0.870. The van der Waals surface area contributed by atoms with E-state index in [0.29, 0.717) is 6.54 Å². The second-order valence-corrected chi connectivity index (χ2v) is 8.11. The smallest absolute Gasteiger partial charge is 0.243 e. The van der Waals surface area contributed by atoms with Crippen LogP contribution in [0.4, 0.5) is 0 Å². The summed E-state index contributed by atoms with van der Waals surface area (Å²) in [6.07, 6.45) is 4.88. The number of hydrogen-bond donors (Lipinski definition) is 2. The molecule has 0 unspecified atom stereocenters. The number of aromatic nitrogens is 2. The first-order valence-corrected chi connectivity index (χ1v) is 9.27. The Morgan fingerprint density at radius 3 is 2.65 bits per heavy atom. The molecule has 0 radical (unpaired) electrons. The molecule has 2 N–H and O–H groups in total. The van der Waals surface area contributed by atoms with Gasteiger partial charge in [0.05, 0.1) is 18.1 Å². The van der Waals surface area contributed by atoms with E-state index < -0.39 is 10.0 Å². The van der Waals surface area contributed by atoms with Crippen LogP contribution in [-0.4, -0.2) is 37.8 Å². The molecule has 124 valence electrons. The molecule has 7 heteroatoms. The summed E-state index contributed by atoms with van der Waals surface area (Å²) in [5, 5.41) is 7.45. The third-order valence-electron chi connectivity index (χ3n) is 4.39. The van der Waals surface area contributed by atoms with Crippen LogP contribution in [0.3, 0.4) is 0 Å². The molecule has 6 nitrogen and oxygen atoms in total. The first kappa shape index (κ1) is 16.2. The summed E-state index contributed by atoms with van der Waals surface area (Å²) in [7, 11) is -3.54. The molecular formula is C16H22N4O2S. The van der Waals surface area contributed by atoms with Gasteiger partial charge >= 0.3 is 0 Å². The molecule has 1 aliphatic heterocycles. The Bertz CT molecular complexity index is 749. The van der Waals surface area contributed by atoms with Crippen LogP contribution in [0.15, 0.2) is 47.6 Å². The van der Waals surface area contributed by atoms with Crippen LogP contribution in [0.2, 0.25) is 0 Å². The summed E-state index contributed by atoms with van der Waals surface area (Å²) < 4.78 is 29.3. The maximum absolute atomic E-state index is 12.5. The molecule has 0 saturated carbocycles. The molecular weight excluding hydrogens is 312 g/mol. The maximum atomic E-state index is 12.5. The van der Waals surface area contributed by atoms with Crippen molar-refractivity contribution in [2.45, 2.75) is 24.7 Å². The molecule has 1 aromatic carbocycles. The van der Waals surface area contributed by atoms with Gasteiger partial charge < -0.3 is 5.32 Å². The van der Waals surface area contributed by atoms with Crippen molar-refractivity contribution in [1.82, 2.24) is 19.8 Å². The Balaban J connectivity index is 1.72. The summed E-state index contributed by atoms with van der Waals surface area (Å²) in [6, 6.07) is 9.45. The fourth-order valence-electron chi connectivity index (χ4n) is 2.73. The first-order chi connectivity index (χ1) is 11.0. The van der Waals surface area contributed by atoms with E-state index in [1.807, 2.05) is 30.3 Å². The average Bonchev–Trinajstić information content (AvgIpc) is 3.06. The zero-order chi connectivity index (χ0) is 16.3. The van der Waals surface area contributed by atoms with Gasteiger partial charge in [0.2, 0.25) is 10.0 Å². The molecule has 1 aliphatic rings. The van der Waals surface area contributed by atoms with Gasteiger partial charge in [-0.05, 0) is 43.5 Å². The van der Waals surface area contributed by atoms with Crippen LogP contribution in [0.1, 0.15) is 19.8 Å². The second kappa shape index (κ2) is 6.43. The number of nitrogens with one attached hydrogen (secondary N) is 2. The van der Waals surface area contributed by atoms with Crippen molar-refractivity contribution in [3.63, 3.8) is 0 Å². The van der Waals surface area contributed by atoms with Gasteiger partial charge in [0.15, 0.2) is 0 Å². The van der Waals surface area contributed by atoms with E-state index in [-0.39, 0.29) is 10.3 Å². The van der Waals surface area contributed by atoms with Crippen LogP contribution >= 0.6 is 0 Å². The maximum Gasteiger partial charge on any atom is 0.243 e. The van der Waals surface area contributed by atoms with Crippen LogP contribution in [0.25, 0.3) is 5.69 Å². The number of piperidine rings is 1. The molecule has 0 amide bonds. The van der Waals surface area contributed by atoms with Crippen LogP contribution in [0, 0.1) is 5.41 Å². The van der Waals surface area contributed by atoms with Gasteiger partial charge in [-0.15, -0.1) is 0 Å². The fourth-order valence-corrected chi connectivity index (χ4v) is 3.86. The highest BCUT2D eigenvalue weighted by atomic mass is 32.2. The van der Waals surface area contributed by atoms with Gasteiger partial charge in [-0.25, -0.2) is 17.8 Å². The van der Waals surface area contributed by atoms with Crippen molar-refractivity contribution in [2.24, 2.45) is 5.41 Å². The Morgan fingerprint density at radius 1 is 1.26 bits per heavy atom. The third-order valence-corrected chi connectivity index (χ3v) is 5.75. The predicted molar refractivity (Wildman–Crippen MR) is 89.0 cm³/mol. The molecule has 1 fully saturated rings. The van der Waals surface area contributed by atoms with Gasteiger partial charge in [0, 0.05) is 6.54 Å². The largest absolute Gasteiger partial charge is 0.317 e. The van der Waals surface area contributed by atoms with Gasteiger partial charge in [-0.3, -0.25) is 0 Å². The van der Waals surface area contributed by atoms with Crippen LogP contribution in [-0.2, 0) is 10.0 Å². The minimum absolute atomic E-state index is 0.00768. The van der Waals surface area contributed by atoms with E-state index in [9.17, 15) is 8.42 Å². The van der Waals surface area contributed by atoms with Gasteiger partial charge in [-0.2, -0.15) is 5.10 Å². The second-order valence-electron chi connectivity index (χ2n) is 6.34. The Labute approximate surface area is 137 Å². The number of nitrogens with zero attached hydrogens (tertiary/aromatic N) is 2. The van der Waals surface area contributed by atoms with Crippen molar-refractivity contribution in [1.29, 1.82) is 0 Å². The Morgan fingerprint density at radius 2 is 1.96 bits per heavy atom. The Hall–Kier alpha value is -1.70. The molecule has 0 aliphatic carbocycles. The lowest BCUT2D eigenvalue weighted by Gasteiger charge is -2.33. The minimum atomic E-state index is -3.54. The highest BCUT2D eigenvalue weighted by molar-refractivity contribution is 7.89. The van der Waals surface area contributed by atoms with Crippen molar-refractivity contribution in [2.75, 3.05) is 19.6 Å². The van der Waals surface area contributed by atoms with Gasteiger partial charge in [0.1, 0.15) is 4.90 Å². The first-order valence-electron chi connectivity index (χ1n) is 7.79. The fraction of sp³-hybridized carbons (Fsp3) is 0.438. The van der Waals surface area contributed by atoms with E-state index >= 15 is 0 Å². The summed E-state index contributed by atoms with van der Waals surface area (Å²) in [6.45, 7) is 4.45. The standard InChI is InChI=1S/C16H22N4O2S/c1-16(7-9-17-10-8-16)13-19-23(21,22)15-11-18-20(12-15)14-5-3-2-4-6-14/h2-6,11-12,17,19H,7-10,13H2,1H3. The van der Waals surface area contributed by atoms with E-state index in [1.165, 1.54) is 6.20 Å². The van der Waals surface area contributed by atoms with Crippen molar-refractivity contribution in [3.05, 3.63) is 42.7 Å². The summed E-state index contributed by atoms with van der Waals surface area (Å²) in [5.41, 5.74) is 0.840. The summed E-state index contributed by atoms with van der Waals surface area (Å²) in [5.74, 6) is 0. The molecule has 1 saturated heterocycles. The lowest BCUT2D eigenvalue weighted by atomic mass is 9.81. The number of rotatable bonds is 5. The van der Waals surface area contributed by atoms with E-state index in [1.54, 1.807) is 10.9 Å². The molecule has 2 heterocycles. The van der Waals surface area contributed by atoms with E-state index in [2.05, 4.69) is 22.1 Å². The number of hydrogen-bond acceptors (Lipinski definition) is 4. The highest BCUT2D eigenvalue weighted by Crippen LogP contribution is 2.27. The molecule has 1 aromatic heterocycles. The molecule has 2 aromatic rings. The topological polar surface area (TPSA) is 76.0 Å². The minimum Gasteiger partial charge on any atom is -0.317 e. The van der Waals surface area contributed by atoms with Crippen molar-refractivity contribution < 1.29 is 8.42 Å². The van der Waals surface area contributed by atoms with Crippen molar-refractivity contribution in [3.8, 4) is 5.69 Å². The van der Waals surface area contributed by atoms with E-state index in [4.69, 9.17) is 0 Å². The van der Waals surface area contributed by atoms with Gasteiger partial charge in [0.25, 0.3) is 0 Å². The summed E-state index contributed by atoms with van der Waals surface area (Å²) in [4.78, 5) is 0.193. The molecule has 0 atom stereocenters. The normalized spacial score (nSPS) is 18.0. The van der Waals surface area contributed by atoms with Crippen molar-refractivity contribution >= 4 is 10.0 Å². The molecule has 0 bridgehead atoms. The van der Waals surface area contributed by atoms with Crippen LogP contribution < -0.4 is 10.0 Å². The monoisotopic (exact) mass is 334 g/mol. The zero-order valence-corrected chi connectivity index (χ0v) is 14.0. The lowest BCUT2D eigenvalue weighted by molar-refractivity contribution is 0.232. The Kier molecular flexibility index (Phi) is 4.52. The molecule has 3 rings (SSSR count). The SMILES string of the molecule is CC1(CNS(=O)(=O)c2cnn(-c3ccccc3)c2)CCNCC1. The van der Waals surface area contributed by atoms with Crippen LogP contribution in [0.5, 0.6) is 0 Å². The third kappa shape index (κ3) is 3.80. The van der Waals surface area contributed by atoms with Gasteiger partial charge in [-0.1, -0.05) is 25.1 Å². The average molecular weight is 334 g/mol. The summed E-state index contributed by atoms with van der Waals surface area (Å²) >= 11 is 0. The predicted octanol–water partition coefficient (Wildman–Crippen LogP) is 1.54. The number of para-hydroxylation sites is 1. The lowest BCUT2D eigenvalue weighted by Crippen LogP contribution is -2.42. The molecule has 23 heavy (non-hydrogen) atoms. The number of sulfonamides is 1.